The van der Waals surface area contributed by atoms with Gasteiger partial charge in [0, 0.05) is 57.1 Å². The molecule has 1 saturated carbocycles. The Morgan fingerprint density at radius 3 is 2.30 bits per heavy atom. The van der Waals surface area contributed by atoms with Gasteiger partial charge in [0.1, 0.15) is 0 Å². The molecule has 2 saturated heterocycles. The van der Waals surface area contributed by atoms with Crippen molar-refractivity contribution < 1.29 is 9.59 Å². The molecular weight excluding hydrogens is 254 g/mol. The summed E-state index contributed by atoms with van der Waals surface area (Å²) in [7, 11) is 0. The van der Waals surface area contributed by atoms with Crippen LogP contribution in [0.15, 0.2) is 0 Å². The monoisotopic (exact) mass is 279 g/mol. The van der Waals surface area contributed by atoms with Crippen molar-refractivity contribution >= 4 is 11.8 Å². The molecule has 0 N–H and O–H groups in total. The van der Waals surface area contributed by atoms with Crippen molar-refractivity contribution in [2.24, 2.45) is 5.92 Å². The average Bonchev–Trinajstić information content (AvgIpc) is 3.20. The highest BCUT2D eigenvalue weighted by molar-refractivity contribution is 5.81. The molecule has 20 heavy (non-hydrogen) atoms. The number of nitrogens with zero attached hydrogens (tertiary/aromatic N) is 3. The van der Waals surface area contributed by atoms with E-state index in [2.05, 4.69) is 18.7 Å². The molecule has 0 aromatic carbocycles. The Kier molecular flexibility index (Phi) is 3.27. The summed E-state index contributed by atoms with van der Waals surface area (Å²) in [4.78, 5) is 30.4. The van der Waals surface area contributed by atoms with Crippen LogP contribution in [0.3, 0.4) is 0 Å². The second-order valence-corrected chi connectivity index (χ2v) is 7.12. The molecule has 1 aliphatic carbocycles. The topological polar surface area (TPSA) is 43.9 Å². The lowest BCUT2D eigenvalue weighted by Crippen LogP contribution is -2.70. The van der Waals surface area contributed by atoms with E-state index in [4.69, 9.17) is 0 Å². The van der Waals surface area contributed by atoms with Crippen LogP contribution < -0.4 is 0 Å². The molecule has 3 fully saturated rings. The maximum atomic E-state index is 12.2. The summed E-state index contributed by atoms with van der Waals surface area (Å²) in [5.74, 6) is 0.771. The molecule has 3 aliphatic rings. The molecule has 3 rings (SSSR count). The molecule has 2 heterocycles. The molecule has 2 amide bonds. The van der Waals surface area contributed by atoms with Crippen molar-refractivity contribution in [2.75, 3.05) is 32.7 Å². The van der Waals surface area contributed by atoms with Gasteiger partial charge in [0.15, 0.2) is 0 Å². The minimum atomic E-state index is 0.00328. The lowest BCUT2D eigenvalue weighted by Gasteiger charge is -2.55. The molecule has 0 aromatic heterocycles. The number of rotatable bonds is 1. The fourth-order valence-corrected chi connectivity index (χ4v) is 3.71. The van der Waals surface area contributed by atoms with E-state index in [1.165, 1.54) is 0 Å². The van der Waals surface area contributed by atoms with Gasteiger partial charge in [0.25, 0.3) is 0 Å². The lowest BCUT2D eigenvalue weighted by atomic mass is 9.92. The van der Waals surface area contributed by atoms with E-state index < -0.39 is 0 Å². The van der Waals surface area contributed by atoms with Crippen molar-refractivity contribution in [1.29, 1.82) is 0 Å². The zero-order valence-electron chi connectivity index (χ0n) is 12.8. The van der Waals surface area contributed by atoms with Gasteiger partial charge in [-0.1, -0.05) is 0 Å². The number of carbonyl (C=O) groups is 2. The summed E-state index contributed by atoms with van der Waals surface area (Å²) in [5.41, 5.74) is 0.00328. The van der Waals surface area contributed by atoms with Crippen molar-refractivity contribution in [3.05, 3.63) is 0 Å². The van der Waals surface area contributed by atoms with Crippen LogP contribution in [0.1, 0.15) is 33.6 Å². The molecule has 0 bridgehead atoms. The van der Waals surface area contributed by atoms with Gasteiger partial charge in [-0.2, -0.15) is 0 Å². The Balaban J connectivity index is 1.72. The van der Waals surface area contributed by atoms with Crippen molar-refractivity contribution in [3.8, 4) is 0 Å². The zero-order chi connectivity index (χ0) is 14.5. The quantitative estimate of drug-likeness (QED) is 0.704. The van der Waals surface area contributed by atoms with Crippen molar-refractivity contribution in [2.45, 2.75) is 45.2 Å². The average molecular weight is 279 g/mol. The van der Waals surface area contributed by atoms with Gasteiger partial charge in [-0.25, -0.2) is 0 Å². The second-order valence-electron chi connectivity index (χ2n) is 7.12. The van der Waals surface area contributed by atoms with E-state index in [-0.39, 0.29) is 11.4 Å². The van der Waals surface area contributed by atoms with Crippen LogP contribution in [0.5, 0.6) is 0 Å². The summed E-state index contributed by atoms with van der Waals surface area (Å²) in [6, 6.07) is 0.291. The number of fused-ring (bicyclic) bond motifs is 1. The highest BCUT2D eigenvalue weighted by atomic mass is 16.2. The van der Waals surface area contributed by atoms with E-state index in [0.717, 1.165) is 45.6 Å². The van der Waals surface area contributed by atoms with Gasteiger partial charge in [-0.05, 0) is 26.7 Å². The molecule has 1 atom stereocenters. The second kappa shape index (κ2) is 4.72. The third kappa shape index (κ3) is 2.43. The van der Waals surface area contributed by atoms with Gasteiger partial charge in [0.05, 0.1) is 0 Å². The first-order valence-corrected chi connectivity index (χ1v) is 7.69. The van der Waals surface area contributed by atoms with E-state index in [1.807, 2.05) is 9.80 Å². The first-order valence-electron chi connectivity index (χ1n) is 7.69. The van der Waals surface area contributed by atoms with Gasteiger partial charge < -0.3 is 9.80 Å². The number of piperazine rings is 2. The number of amides is 2. The Morgan fingerprint density at radius 1 is 1.05 bits per heavy atom. The Labute approximate surface area is 120 Å². The van der Waals surface area contributed by atoms with Crippen molar-refractivity contribution in [1.82, 2.24) is 14.7 Å². The number of hydrogen-bond donors (Lipinski definition) is 0. The van der Waals surface area contributed by atoms with E-state index in [1.54, 1.807) is 6.92 Å². The first-order chi connectivity index (χ1) is 9.38. The smallest absolute Gasteiger partial charge is 0.225 e. The first kappa shape index (κ1) is 13.9. The number of carbonyl (C=O) groups excluding carboxylic acids is 2. The largest absolute Gasteiger partial charge is 0.340 e. The molecule has 112 valence electrons. The predicted molar refractivity (Wildman–Crippen MR) is 76.1 cm³/mol. The molecule has 0 radical (unpaired) electrons. The van der Waals surface area contributed by atoms with Crippen LogP contribution in [-0.2, 0) is 9.59 Å². The Morgan fingerprint density at radius 2 is 1.70 bits per heavy atom. The SMILES string of the molecule is CC(=O)N1CC2CN(C(=O)C3CC3)CCN2C(C)(C)C1. The molecular formula is C15H25N3O2. The highest BCUT2D eigenvalue weighted by Gasteiger charge is 2.45. The van der Waals surface area contributed by atoms with Crippen LogP contribution in [0.2, 0.25) is 0 Å². The summed E-state index contributed by atoms with van der Waals surface area (Å²) in [6.07, 6.45) is 2.13. The third-order valence-corrected chi connectivity index (χ3v) is 4.95. The summed E-state index contributed by atoms with van der Waals surface area (Å²) in [6.45, 7) is 10.1. The zero-order valence-corrected chi connectivity index (χ0v) is 12.8. The third-order valence-electron chi connectivity index (χ3n) is 4.95. The molecule has 2 aliphatic heterocycles. The van der Waals surface area contributed by atoms with Crippen LogP contribution in [0.25, 0.3) is 0 Å². The summed E-state index contributed by atoms with van der Waals surface area (Å²) >= 11 is 0. The standard InChI is InChI=1S/C15H25N3O2/c1-11(19)17-9-13-8-16(14(20)12-4-5-12)6-7-18(13)15(2,3)10-17/h12-13H,4-10H2,1-3H3. The van der Waals surface area contributed by atoms with Crippen molar-refractivity contribution in [3.63, 3.8) is 0 Å². The van der Waals surface area contributed by atoms with Gasteiger partial charge in [-0.3, -0.25) is 14.5 Å². The minimum Gasteiger partial charge on any atom is -0.340 e. The molecule has 5 nitrogen and oxygen atoms in total. The fourth-order valence-electron chi connectivity index (χ4n) is 3.71. The summed E-state index contributed by atoms with van der Waals surface area (Å²) in [5, 5.41) is 0. The maximum absolute atomic E-state index is 12.2. The molecule has 1 unspecified atom stereocenters. The maximum Gasteiger partial charge on any atom is 0.225 e. The van der Waals surface area contributed by atoms with E-state index in [0.29, 0.717) is 17.9 Å². The molecule has 5 heteroatoms. The number of hydrogen-bond acceptors (Lipinski definition) is 3. The van der Waals surface area contributed by atoms with Crippen LogP contribution in [0.4, 0.5) is 0 Å². The predicted octanol–water partition coefficient (Wildman–Crippen LogP) is 0.550. The van der Waals surface area contributed by atoms with Crippen LogP contribution >= 0.6 is 0 Å². The van der Waals surface area contributed by atoms with Crippen LogP contribution in [0, 0.1) is 5.92 Å². The van der Waals surface area contributed by atoms with Crippen LogP contribution in [-0.4, -0.2) is 70.8 Å². The van der Waals surface area contributed by atoms with E-state index in [9.17, 15) is 9.59 Å². The van der Waals surface area contributed by atoms with Gasteiger partial charge in [0.2, 0.25) is 11.8 Å². The lowest BCUT2D eigenvalue weighted by molar-refractivity contribution is -0.145. The summed E-state index contributed by atoms with van der Waals surface area (Å²) < 4.78 is 0. The molecule has 0 aromatic rings. The van der Waals surface area contributed by atoms with Gasteiger partial charge >= 0.3 is 0 Å². The highest BCUT2D eigenvalue weighted by Crippen LogP contribution is 2.33. The molecule has 0 spiro atoms. The van der Waals surface area contributed by atoms with E-state index >= 15 is 0 Å². The van der Waals surface area contributed by atoms with Gasteiger partial charge in [-0.15, -0.1) is 0 Å². The Bertz CT molecular complexity index is 431. The normalized spacial score (nSPS) is 30.1. The minimum absolute atomic E-state index is 0.00328. The Hall–Kier alpha value is -1.10. The fraction of sp³-hybridized carbons (Fsp3) is 0.867.